The lowest BCUT2D eigenvalue weighted by atomic mass is 9.71. The predicted octanol–water partition coefficient (Wildman–Crippen LogP) is 3.94. The van der Waals surface area contributed by atoms with Crippen molar-refractivity contribution in [1.82, 2.24) is 4.90 Å². The van der Waals surface area contributed by atoms with Crippen LogP contribution in [0.25, 0.3) is 0 Å². The standard InChI is InChI=1S/C18H34N2/c1-2-15-7-9-16(10-8-15)17(19)18(11-3-4-12-18)20-13-5-6-14-20/h15-17H,2-14,19H2,1H3. The average molecular weight is 278 g/mol. The summed E-state index contributed by atoms with van der Waals surface area (Å²) in [5, 5.41) is 0. The summed E-state index contributed by atoms with van der Waals surface area (Å²) in [4.78, 5) is 2.80. The normalized spacial score (nSPS) is 36.3. The third kappa shape index (κ3) is 2.66. The van der Waals surface area contributed by atoms with Crippen LogP contribution in [0.3, 0.4) is 0 Å². The molecule has 116 valence electrons. The number of hydrogen-bond donors (Lipinski definition) is 1. The maximum Gasteiger partial charge on any atom is 0.0363 e. The summed E-state index contributed by atoms with van der Waals surface area (Å²) < 4.78 is 0. The van der Waals surface area contributed by atoms with Gasteiger partial charge in [-0.2, -0.15) is 0 Å². The zero-order valence-corrected chi connectivity index (χ0v) is 13.4. The van der Waals surface area contributed by atoms with Crippen LogP contribution in [-0.2, 0) is 0 Å². The highest BCUT2D eigenvalue weighted by Crippen LogP contribution is 2.44. The Morgan fingerprint density at radius 3 is 2.15 bits per heavy atom. The lowest BCUT2D eigenvalue weighted by Gasteiger charge is -2.48. The molecular formula is C18H34N2. The van der Waals surface area contributed by atoms with Crippen LogP contribution in [-0.4, -0.2) is 29.6 Å². The quantitative estimate of drug-likeness (QED) is 0.844. The minimum absolute atomic E-state index is 0.389. The minimum atomic E-state index is 0.389. The van der Waals surface area contributed by atoms with Gasteiger partial charge in [-0.1, -0.05) is 39.0 Å². The van der Waals surface area contributed by atoms with Crippen LogP contribution in [0.2, 0.25) is 0 Å². The molecule has 0 aromatic rings. The minimum Gasteiger partial charge on any atom is -0.326 e. The van der Waals surface area contributed by atoms with E-state index in [0.29, 0.717) is 11.6 Å². The van der Waals surface area contributed by atoms with Gasteiger partial charge in [-0.15, -0.1) is 0 Å². The van der Waals surface area contributed by atoms with E-state index in [-0.39, 0.29) is 0 Å². The van der Waals surface area contributed by atoms with Gasteiger partial charge < -0.3 is 5.73 Å². The molecule has 1 heterocycles. The van der Waals surface area contributed by atoms with Crippen molar-refractivity contribution in [2.24, 2.45) is 17.6 Å². The summed E-state index contributed by atoms with van der Waals surface area (Å²) in [6, 6.07) is 0.445. The van der Waals surface area contributed by atoms with E-state index in [4.69, 9.17) is 5.73 Å². The van der Waals surface area contributed by atoms with Crippen LogP contribution in [0, 0.1) is 11.8 Å². The molecule has 3 aliphatic rings. The molecule has 0 radical (unpaired) electrons. The van der Waals surface area contributed by atoms with Gasteiger partial charge in [0, 0.05) is 11.6 Å². The first kappa shape index (κ1) is 14.8. The highest BCUT2D eigenvalue weighted by atomic mass is 15.2. The molecule has 0 amide bonds. The SMILES string of the molecule is CCC1CCC(C(N)C2(N3CCCC3)CCCC2)CC1. The topological polar surface area (TPSA) is 29.3 Å². The second kappa shape index (κ2) is 6.36. The van der Waals surface area contributed by atoms with E-state index in [9.17, 15) is 0 Å². The number of rotatable bonds is 4. The fourth-order valence-corrected chi connectivity index (χ4v) is 5.40. The van der Waals surface area contributed by atoms with Crippen LogP contribution in [0.5, 0.6) is 0 Å². The maximum atomic E-state index is 6.91. The first-order valence-corrected chi connectivity index (χ1v) is 9.27. The molecule has 2 saturated carbocycles. The monoisotopic (exact) mass is 278 g/mol. The zero-order valence-electron chi connectivity index (χ0n) is 13.4. The van der Waals surface area contributed by atoms with E-state index in [1.807, 2.05) is 0 Å². The fourth-order valence-electron chi connectivity index (χ4n) is 5.40. The van der Waals surface area contributed by atoms with E-state index in [0.717, 1.165) is 11.8 Å². The van der Waals surface area contributed by atoms with Gasteiger partial charge in [0.2, 0.25) is 0 Å². The third-order valence-corrected chi connectivity index (χ3v) is 6.80. The van der Waals surface area contributed by atoms with Gasteiger partial charge in [-0.25, -0.2) is 0 Å². The van der Waals surface area contributed by atoms with Crippen molar-refractivity contribution in [3.05, 3.63) is 0 Å². The Balaban J connectivity index is 1.68. The molecule has 2 heteroatoms. The van der Waals surface area contributed by atoms with Gasteiger partial charge in [0.15, 0.2) is 0 Å². The van der Waals surface area contributed by atoms with Crippen LogP contribution >= 0.6 is 0 Å². The van der Waals surface area contributed by atoms with E-state index >= 15 is 0 Å². The molecular weight excluding hydrogens is 244 g/mol. The van der Waals surface area contributed by atoms with E-state index in [1.54, 1.807) is 0 Å². The highest BCUT2D eigenvalue weighted by Gasteiger charge is 2.47. The molecule has 2 aliphatic carbocycles. The van der Waals surface area contributed by atoms with Gasteiger partial charge in [0.25, 0.3) is 0 Å². The Bertz CT molecular complexity index is 295. The van der Waals surface area contributed by atoms with E-state index in [1.165, 1.54) is 83.7 Å². The molecule has 1 unspecified atom stereocenters. The van der Waals surface area contributed by atoms with E-state index < -0.39 is 0 Å². The maximum absolute atomic E-state index is 6.91. The summed E-state index contributed by atoms with van der Waals surface area (Å²) in [6.07, 6.45) is 15.4. The van der Waals surface area contributed by atoms with Crippen molar-refractivity contribution >= 4 is 0 Å². The van der Waals surface area contributed by atoms with Gasteiger partial charge in [-0.05, 0) is 63.5 Å². The first-order chi connectivity index (χ1) is 9.76. The largest absolute Gasteiger partial charge is 0.326 e. The summed E-state index contributed by atoms with van der Waals surface area (Å²) >= 11 is 0. The van der Waals surface area contributed by atoms with Crippen molar-refractivity contribution in [2.75, 3.05) is 13.1 Å². The Morgan fingerprint density at radius 2 is 1.60 bits per heavy atom. The second-order valence-corrected chi connectivity index (χ2v) is 7.72. The van der Waals surface area contributed by atoms with Gasteiger partial charge >= 0.3 is 0 Å². The van der Waals surface area contributed by atoms with Crippen molar-refractivity contribution in [1.29, 1.82) is 0 Å². The number of likely N-dealkylation sites (tertiary alicyclic amines) is 1. The molecule has 3 rings (SSSR count). The third-order valence-electron chi connectivity index (χ3n) is 6.80. The molecule has 1 atom stereocenters. The summed E-state index contributed by atoms with van der Waals surface area (Å²) in [5.41, 5.74) is 7.30. The number of nitrogens with two attached hydrogens (primary N) is 1. The molecule has 3 fully saturated rings. The molecule has 1 aliphatic heterocycles. The van der Waals surface area contributed by atoms with Crippen LogP contribution in [0.4, 0.5) is 0 Å². The van der Waals surface area contributed by atoms with Gasteiger partial charge in [-0.3, -0.25) is 4.90 Å². The van der Waals surface area contributed by atoms with Crippen molar-refractivity contribution < 1.29 is 0 Å². The number of hydrogen-bond acceptors (Lipinski definition) is 2. The summed E-state index contributed by atoms with van der Waals surface area (Å²) in [5.74, 6) is 1.79. The van der Waals surface area contributed by atoms with Crippen molar-refractivity contribution in [2.45, 2.75) is 89.1 Å². The Hall–Kier alpha value is -0.0800. The predicted molar refractivity (Wildman–Crippen MR) is 85.7 cm³/mol. The van der Waals surface area contributed by atoms with Crippen molar-refractivity contribution in [3.8, 4) is 0 Å². The lowest BCUT2D eigenvalue weighted by molar-refractivity contribution is 0.0536. The Labute approximate surface area is 125 Å². The molecule has 2 nitrogen and oxygen atoms in total. The van der Waals surface area contributed by atoms with E-state index in [2.05, 4.69) is 11.8 Å². The van der Waals surface area contributed by atoms with Crippen molar-refractivity contribution in [3.63, 3.8) is 0 Å². The van der Waals surface area contributed by atoms with Crippen LogP contribution in [0.1, 0.15) is 77.6 Å². The smallest absolute Gasteiger partial charge is 0.0363 e. The molecule has 0 spiro atoms. The Morgan fingerprint density at radius 1 is 1.00 bits per heavy atom. The fraction of sp³-hybridized carbons (Fsp3) is 1.00. The number of nitrogens with zero attached hydrogens (tertiary/aromatic N) is 1. The molecule has 2 N–H and O–H groups in total. The zero-order chi connectivity index (χ0) is 14.0. The average Bonchev–Trinajstić information content (AvgIpc) is 3.18. The second-order valence-electron chi connectivity index (χ2n) is 7.72. The molecule has 1 saturated heterocycles. The Kier molecular flexibility index (Phi) is 4.72. The molecule has 0 bridgehead atoms. The van der Waals surface area contributed by atoms with Crippen LogP contribution < -0.4 is 5.73 Å². The van der Waals surface area contributed by atoms with Gasteiger partial charge in [0.1, 0.15) is 0 Å². The highest BCUT2D eigenvalue weighted by molar-refractivity contribution is 5.06. The summed E-state index contributed by atoms with van der Waals surface area (Å²) in [6.45, 7) is 4.99. The molecule has 0 aromatic carbocycles. The van der Waals surface area contributed by atoms with Crippen LogP contribution in [0.15, 0.2) is 0 Å². The van der Waals surface area contributed by atoms with Gasteiger partial charge in [0.05, 0.1) is 0 Å². The summed E-state index contributed by atoms with van der Waals surface area (Å²) in [7, 11) is 0. The molecule has 0 aromatic heterocycles. The molecule has 20 heavy (non-hydrogen) atoms. The lowest BCUT2D eigenvalue weighted by Crippen LogP contribution is -2.60. The first-order valence-electron chi connectivity index (χ1n) is 9.27.